The first-order chi connectivity index (χ1) is 10.2. The van der Waals surface area contributed by atoms with Gasteiger partial charge in [0.1, 0.15) is 0 Å². The van der Waals surface area contributed by atoms with Crippen LogP contribution in [-0.2, 0) is 6.54 Å². The predicted octanol–water partition coefficient (Wildman–Crippen LogP) is 3.28. The molecular weight excluding hydrogens is 266 g/mol. The average molecular weight is 281 g/mol. The highest BCUT2D eigenvalue weighted by Gasteiger charge is 2.08. The number of para-hydroxylation sites is 1. The number of carboxylic acid groups (broad SMARTS) is 1. The van der Waals surface area contributed by atoms with Crippen LogP contribution in [0.5, 0.6) is 0 Å². The third-order valence-electron chi connectivity index (χ3n) is 3.29. The zero-order chi connectivity index (χ0) is 14.7. The summed E-state index contributed by atoms with van der Waals surface area (Å²) in [7, 11) is 0. The van der Waals surface area contributed by atoms with Crippen LogP contribution < -0.4 is 10.9 Å². The fraction of sp³-hybridized carbons (Fsp3) is 0.0625. The van der Waals surface area contributed by atoms with Crippen molar-refractivity contribution >= 4 is 22.7 Å². The lowest BCUT2D eigenvalue weighted by molar-refractivity contribution is 0.197. The second-order valence-electron chi connectivity index (χ2n) is 4.73. The van der Waals surface area contributed by atoms with Gasteiger partial charge in [0.15, 0.2) is 0 Å². The number of rotatable bonds is 4. The van der Waals surface area contributed by atoms with Crippen LogP contribution >= 0.6 is 0 Å². The summed E-state index contributed by atoms with van der Waals surface area (Å²) >= 11 is 0. The largest absolute Gasteiger partial charge is 0.464 e. The number of fused-ring (bicyclic) bond motifs is 1. The number of nitrogens with zero attached hydrogens (tertiary/aromatic N) is 1. The maximum atomic E-state index is 10.6. The van der Waals surface area contributed by atoms with Gasteiger partial charge in [0.25, 0.3) is 0 Å². The van der Waals surface area contributed by atoms with Crippen LogP contribution in [0, 0.1) is 0 Å². The molecule has 1 aromatic heterocycles. The number of hydrogen-bond donors (Lipinski definition) is 3. The van der Waals surface area contributed by atoms with Gasteiger partial charge >= 0.3 is 6.09 Å². The first-order valence-electron chi connectivity index (χ1n) is 6.61. The highest BCUT2D eigenvalue weighted by molar-refractivity contribution is 5.93. The quantitative estimate of drug-likeness (QED) is 0.643. The van der Waals surface area contributed by atoms with E-state index in [0.29, 0.717) is 0 Å². The minimum Gasteiger partial charge on any atom is -0.464 e. The lowest BCUT2D eigenvalue weighted by Gasteiger charge is -2.05. The van der Waals surface area contributed by atoms with Gasteiger partial charge in [-0.2, -0.15) is 0 Å². The molecule has 106 valence electrons. The SMILES string of the molecule is O=C(O)NNc1cn(Cc2ccccc2)c2ccccc12. The van der Waals surface area contributed by atoms with Gasteiger partial charge in [-0.05, 0) is 11.6 Å². The summed E-state index contributed by atoms with van der Waals surface area (Å²) in [5.41, 5.74) is 7.89. The molecule has 0 spiro atoms. The topological polar surface area (TPSA) is 66.3 Å². The van der Waals surface area contributed by atoms with Crippen molar-refractivity contribution in [1.82, 2.24) is 9.99 Å². The number of amides is 1. The van der Waals surface area contributed by atoms with Gasteiger partial charge in [-0.25, -0.2) is 10.2 Å². The van der Waals surface area contributed by atoms with Gasteiger partial charge in [0.2, 0.25) is 0 Å². The molecule has 5 heteroatoms. The van der Waals surface area contributed by atoms with Crippen LogP contribution in [0.15, 0.2) is 60.8 Å². The summed E-state index contributed by atoms with van der Waals surface area (Å²) in [5, 5.41) is 9.68. The average Bonchev–Trinajstić information content (AvgIpc) is 2.85. The van der Waals surface area contributed by atoms with Crippen molar-refractivity contribution in [1.29, 1.82) is 0 Å². The van der Waals surface area contributed by atoms with E-state index in [4.69, 9.17) is 5.11 Å². The lowest BCUT2D eigenvalue weighted by Crippen LogP contribution is -2.27. The van der Waals surface area contributed by atoms with Crippen molar-refractivity contribution in [3.05, 3.63) is 66.4 Å². The molecule has 21 heavy (non-hydrogen) atoms. The molecule has 0 atom stereocenters. The van der Waals surface area contributed by atoms with Crippen LogP contribution in [0.2, 0.25) is 0 Å². The monoisotopic (exact) mass is 281 g/mol. The van der Waals surface area contributed by atoms with Gasteiger partial charge in [-0.15, -0.1) is 0 Å². The molecule has 3 N–H and O–H groups in total. The van der Waals surface area contributed by atoms with Crippen LogP contribution in [0.3, 0.4) is 0 Å². The highest BCUT2D eigenvalue weighted by Crippen LogP contribution is 2.26. The van der Waals surface area contributed by atoms with E-state index in [-0.39, 0.29) is 0 Å². The van der Waals surface area contributed by atoms with E-state index in [2.05, 4.69) is 27.6 Å². The van der Waals surface area contributed by atoms with Gasteiger partial charge in [-0.3, -0.25) is 5.43 Å². The van der Waals surface area contributed by atoms with E-state index in [1.807, 2.05) is 48.7 Å². The van der Waals surface area contributed by atoms with E-state index in [1.165, 1.54) is 5.56 Å². The summed E-state index contributed by atoms with van der Waals surface area (Å²) in [4.78, 5) is 10.6. The smallest absolute Gasteiger partial charge is 0.423 e. The molecule has 3 aromatic rings. The van der Waals surface area contributed by atoms with Gasteiger partial charge in [0, 0.05) is 18.1 Å². The third kappa shape index (κ3) is 2.81. The maximum absolute atomic E-state index is 10.6. The normalized spacial score (nSPS) is 10.5. The summed E-state index contributed by atoms with van der Waals surface area (Å²) in [6, 6.07) is 18.0. The van der Waals surface area contributed by atoms with E-state index < -0.39 is 6.09 Å². The van der Waals surface area contributed by atoms with E-state index in [1.54, 1.807) is 0 Å². The Bertz CT molecular complexity index is 766. The van der Waals surface area contributed by atoms with Crippen LogP contribution in [-0.4, -0.2) is 15.8 Å². The number of hydrazine groups is 1. The molecule has 0 saturated carbocycles. The second-order valence-corrected chi connectivity index (χ2v) is 4.73. The number of nitrogens with one attached hydrogen (secondary N) is 2. The van der Waals surface area contributed by atoms with Crippen molar-refractivity contribution in [2.24, 2.45) is 0 Å². The molecule has 0 aliphatic carbocycles. The van der Waals surface area contributed by atoms with Crippen LogP contribution in [0.4, 0.5) is 10.5 Å². The standard InChI is InChI=1S/C16H15N3O2/c20-16(21)18-17-14-11-19(10-12-6-2-1-3-7-12)15-9-5-4-8-13(14)15/h1-9,11,17-18H,10H2,(H,20,21). The van der Waals surface area contributed by atoms with E-state index in [9.17, 15) is 4.79 Å². The van der Waals surface area contributed by atoms with Crippen molar-refractivity contribution in [3.8, 4) is 0 Å². The molecule has 0 unspecified atom stereocenters. The van der Waals surface area contributed by atoms with Crippen molar-refractivity contribution in [2.45, 2.75) is 6.54 Å². The fourth-order valence-corrected chi connectivity index (χ4v) is 2.38. The second kappa shape index (κ2) is 5.58. The first-order valence-corrected chi connectivity index (χ1v) is 6.61. The fourth-order valence-electron chi connectivity index (χ4n) is 2.38. The molecular formula is C16H15N3O2. The van der Waals surface area contributed by atoms with Crippen LogP contribution in [0.1, 0.15) is 5.56 Å². The Kier molecular flexibility index (Phi) is 3.47. The molecule has 3 rings (SSSR count). The molecule has 1 heterocycles. The van der Waals surface area contributed by atoms with Crippen molar-refractivity contribution < 1.29 is 9.90 Å². The summed E-state index contributed by atoms with van der Waals surface area (Å²) in [6.07, 6.45) is 0.794. The Morgan fingerprint density at radius 2 is 1.76 bits per heavy atom. The zero-order valence-corrected chi connectivity index (χ0v) is 11.3. The molecule has 0 aliphatic heterocycles. The molecule has 0 bridgehead atoms. The highest BCUT2D eigenvalue weighted by atomic mass is 16.4. The zero-order valence-electron chi connectivity index (χ0n) is 11.3. The van der Waals surface area contributed by atoms with E-state index in [0.717, 1.165) is 23.1 Å². The molecule has 0 fully saturated rings. The van der Waals surface area contributed by atoms with E-state index >= 15 is 0 Å². The Hall–Kier alpha value is -2.95. The molecule has 5 nitrogen and oxygen atoms in total. The number of carbonyl (C=O) groups is 1. The molecule has 0 radical (unpaired) electrons. The molecule has 2 aromatic carbocycles. The molecule has 0 aliphatic rings. The molecule has 1 amide bonds. The summed E-state index contributed by atoms with van der Waals surface area (Å²) in [6.45, 7) is 0.732. The third-order valence-corrected chi connectivity index (χ3v) is 3.29. The number of anilines is 1. The van der Waals surface area contributed by atoms with Crippen molar-refractivity contribution in [2.75, 3.05) is 5.43 Å². The van der Waals surface area contributed by atoms with Crippen molar-refractivity contribution in [3.63, 3.8) is 0 Å². The van der Waals surface area contributed by atoms with Gasteiger partial charge < -0.3 is 9.67 Å². The number of aromatic nitrogens is 1. The Morgan fingerprint density at radius 3 is 2.52 bits per heavy atom. The summed E-state index contributed by atoms with van der Waals surface area (Å²) < 4.78 is 2.09. The van der Waals surface area contributed by atoms with Crippen LogP contribution in [0.25, 0.3) is 10.9 Å². The Labute approximate surface area is 121 Å². The number of hydrogen-bond acceptors (Lipinski definition) is 2. The number of benzene rings is 2. The Balaban J connectivity index is 1.96. The molecule has 0 saturated heterocycles. The van der Waals surface area contributed by atoms with Gasteiger partial charge in [-0.1, -0.05) is 48.5 Å². The Morgan fingerprint density at radius 1 is 1.05 bits per heavy atom. The summed E-state index contributed by atoms with van der Waals surface area (Å²) in [5.74, 6) is 0. The predicted molar refractivity (Wildman–Crippen MR) is 82.3 cm³/mol. The minimum absolute atomic E-state index is 0.732. The lowest BCUT2D eigenvalue weighted by atomic mass is 10.2. The maximum Gasteiger partial charge on any atom is 0.423 e. The van der Waals surface area contributed by atoms with Gasteiger partial charge in [0.05, 0.1) is 11.2 Å². The minimum atomic E-state index is -1.12. The first kappa shape index (κ1) is 13.1.